The Bertz CT molecular complexity index is 255. The molecule has 0 spiro atoms. The highest BCUT2D eigenvalue weighted by Gasteiger charge is 2.45. The van der Waals surface area contributed by atoms with Gasteiger partial charge < -0.3 is 0 Å². The molecule has 0 heterocycles. The Kier molecular flexibility index (Phi) is 5.14. The fraction of sp³-hybridized carbons (Fsp3) is 0.923. The maximum absolute atomic E-state index is 9.44. The lowest BCUT2D eigenvalue weighted by Crippen LogP contribution is -2.48. The molecule has 0 saturated heterocycles. The SMILES string of the molecule is CCNC(C#N)(CSC(C)C(C)C)C1CC1. The predicted molar refractivity (Wildman–Crippen MR) is 71.5 cm³/mol. The van der Waals surface area contributed by atoms with Crippen molar-refractivity contribution in [1.29, 1.82) is 5.26 Å². The van der Waals surface area contributed by atoms with Gasteiger partial charge in [-0.25, -0.2) is 0 Å². The Morgan fingerprint density at radius 2 is 2.06 bits per heavy atom. The van der Waals surface area contributed by atoms with E-state index in [0.717, 1.165) is 12.3 Å². The summed E-state index contributed by atoms with van der Waals surface area (Å²) in [4.78, 5) is 0. The molecule has 0 amide bonds. The maximum atomic E-state index is 9.44. The van der Waals surface area contributed by atoms with Crippen molar-refractivity contribution in [1.82, 2.24) is 5.32 Å². The summed E-state index contributed by atoms with van der Waals surface area (Å²) in [5.74, 6) is 2.20. The Morgan fingerprint density at radius 3 is 2.44 bits per heavy atom. The number of thioether (sulfide) groups is 1. The number of hydrogen-bond acceptors (Lipinski definition) is 3. The van der Waals surface area contributed by atoms with E-state index in [-0.39, 0.29) is 5.54 Å². The van der Waals surface area contributed by atoms with Crippen molar-refractivity contribution in [2.45, 2.75) is 51.3 Å². The van der Waals surface area contributed by atoms with Crippen LogP contribution in [-0.4, -0.2) is 23.1 Å². The van der Waals surface area contributed by atoms with E-state index in [0.29, 0.717) is 17.1 Å². The van der Waals surface area contributed by atoms with Crippen LogP contribution < -0.4 is 5.32 Å². The molecule has 2 unspecified atom stereocenters. The molecule has 0 aromatic heterocycles. The van der Waals surface area contributed by atoms with Crippen molar-refractivity contribution in [3.63, 3.8) is 0 Å². The molecule has 1 saturated carbocycles. The highest BCUT2D eigenvalue weighted by atomic mass is 32.2. The molecule has 16 heavy (non-hydrogen) atoms. The summed E-state index contributed by atoms with van der Waals surface area (Å²) in [7, 11) is 0. The molecular formula is C13H24N2S. The number of nitrogens with zero attached hydrogens (tertiary/aromatic N) is 1. The molecule has 2 nitrogen and oxygen atoms in total. The van der Waals surface area contributed by atoms with E-state index in [1.54, 1.807) is 0 Å². The summed E-state index contributed by atoms with van der Waals surface area (Å²) in [6, 6.07) is 2.54. The van der Waals surface area contributed by atoms with Gasteiger partial charge in [0.25, 0.3) is 0 Å². The number of nitrogens with one attached hydrogen (secondary N) is 1. The summed E-state index contributed by atoms with van der Waals surface area (Å²) in [5.41, 5.74) is -0.261. The zero-order chi connectivity index (χ0) is 12.2. The fourth-order valence-electron chi connectivity index (χ4n) is 1.82. The van der Waals surface area contributed by atoms with Gasteiger partial charge in [-0.3, -0.25) is 5.32 Å². The van der Waals surface area contributed by atoms with Crippen LogP contribution in [-0.2, 0) is 0 Å². The number of rotatable bonds is 7. The first-order valence-corrected chi connectivity index (χ1v) is 7.38. The molecule has 1 fully saturated rings. The van der Waals surface area contributed by atoms with E-state index in [4.69, 9.17) is 0 Å². The summed E-state index contributed by atoms with van der Waals surface area (Å²) in [5, 5.41) is 13.5. The summed E-state index contributed by atoms with van der Waals surface area (Å²) >= 11 is 1.94. The minimum Gasteiger partial charge on any atom is -0.299 e. The second-order valence-electron chi connectivity index (χ2n) is 5.15. The van der Waals surface area contributed by atoms with Crippen LogP contribution in [0, 0.1) is 23.2 Å². The van der Waals surface area contributed by atoms with Crippen LogP contribution in [0.1, 0.15) is 40.5 Å². The van der Waals surface area contributed by atoms with Crippen LogP contribution in [0.15, 0.2) is 0 Å². The highest BCUT2D eigenvalue weighted by molar-refractivity contribution is 7.99. The zero-order valence-corrected chi connectivity index (χ0v) is 11.7. The van der Waals surface area contributed by atoms with Crippen molar-refractivity contribution in [2.24, 2.45) is 11.8 Å². The van der Waals surface area contributed by atoms with E-state index < -0.39 is 0 Å². The smallest absolute Gasteiger partial charge is 0.118 e. The van der Waals surface area contributed by atoms with Gasteiger partial charge in [-0.2, -0.15) is 17.0 Å². The van der Waals surface area contributed by atoms with Gasteiger partial charge in [0.2, 0.25) is 0 Å². The van der Waals surface area contributed by atoms with Crippen LogP contribution in [0.3, 0.4) is 0 Å². The maximum Gasteiger partial charge on any atom is 0.118 e. The summed E-state index contributed by atoms with van der Waals surface area (Å²) in [6.45, 7) is 9.73. The van der Waals surface area contributed by atoms with Crippen molar-refractivity contribution >= 4 is 11.8 Å². The van der Waals surface area contributed by atoms with Crippen molar-refractivity contribution in [3.05, 3.63) is 0 Å². The third-order valence-corrected chi connectivity index (χ3v) is 5.17. The van der Waals surface area contributed by atoms with E-state index in [9.17, 15) is 5.26 Å². The van der Waals surface area contributed by atoms with Gasteiger partial charge in [-0.05, 0) is 31.2 Å². The van der Waals surface area contributed by atoms with Gasteiger partial charge in [0.1, 0.15) is 5.54 Å². The first kappa shape index (κ1) is 13.9. The van der Waals surface area contributed by atoms with E-state index in [1.165, 1.54) is 12.8 Å². The molecule has 3 heteroatoms. The van der Waals surface area contributed by atoms with E-state index in [2.05, 4.69) is 39.1 Å². The predicted octanol–water partition coefficient (Wildman–Crippen LogP) is 3.05. The summed E-state index contributed by atoms with van der Waals surface area (Å²) < 4.78 is 0. The molecular weight excluding hydrogens is 216 g/mol. The summed E-state index contributed by atoms with van der Waals surface area (Å²) in [6.07, 6.45) is 2.44. The van der Waals surface area contributed by atoms with E-state index in [1.807, 2.05) is 11.8 Å². The monoisotopic (exact) mass is 240 g/mol. The minimum atomic E-state index is -0.261. The molecule has 0 aromatic carbocycles. The molecule has 0 radical (unpaired) electrons. The lowest BCUT2D eigenvalue weighted by molar-refractivity contribution is 0.415. The lowest BCUT2D eigenvalue weighted by atomic mass is 9.98. The Balaban J connectivity index is 2.54. The Labute approximate surface area is 104 Å². The highest BCUT2D eigenvalue weighted by Crippen LogP contribution is 2.42. The third kappa shape index (κ3) is 3.40. The topological polar surface area (TPSA) is 35.8 Å². The van der Waals surface area contributed by atoms with Gasteiger partial charge >= 0.3 is 0 Å². The second kappa shape index (κ2) is 5.93. The largest absolute Gasteiger partial charge is 0.299 e. The van der Waals surface area contributed by atoms with Gasteiger partial charge in [-0.15, -0.1) is 0 Å². The van der Waals surface area contributed by atoms with Crippen LogP contribution >= 0.6 is 11.8 Å². The molecule has 0 bridgehead atoms. The molecule has 92 valence electrons. The van der Waals surface area contributed by atoms with Crippen molar-refractivity contribution in [2.75, 3.05) is 12.3 Å². The molecule has 0 aromatic rings. The first-order chi connectivity index (χ1) is 7.55. The minimum absolute atomic E-state index is 0.261. The van der Waals surface area contributed by atoms with Crippen LogP contribution in [0.2, 0.25) is 0 Å². The third-order valence-electron chi connectivity index (χ3n) is 3.48. The molecule has 2 atom stereocenters. The van der Waals surface area contributed by atoms with Gasteiger partial charge in [0.15, 0.2) is 0 Å². The molecule has 1 rings (SSSR count). The first-order valence-electron chi connectivity index (χ1n) is 6.33. The molecule has 0 aliphatic heterocycles. The fourth-order valence-corrected chi connectivity index (χ4v) is 3.14. The Morgan fingerprint density at radius 1 is 1.44 bits per heavy atom. The van der Waals surface area contributed by atoms with Gasteiger partial charge in [0.05, 0.1) is 6.07 Å². The molecule has 1 aliphatic carbocycles. The zero-order valence-electron chi connectivity index (χ0n) is 10.9. The standard InChI is InChI=1S/C13H24N2S/c1-5-15-13(8-14,12-6-7-12)9-16-11(4)10(2)3/h10-12,15H,5-7,9H2,1-4H3. The van der Waals surface area contributed by atoms with E-state index >= 15 is 0 Å². The quantitative estimate of drug-likeness (QED) is 0.743. The molecule has 1 N–H and O–H groups in total. The average Bonchev–Trinajstić information content (AvgIpc) is 3.07. The average molecular weight is 240 g/mol. The van der Waals surface area contributed by atoms with Gasteiger partial charge in [0, 0.05) is 11.0 Å². The van der Waals surface area contributed by atoms with Crippen LogP contribution in [0.5, 0.6) is 0 Å². The lowest BCUT2D eigenvalue weighted by Gasteiger charge is -2.29. The Hall–Kier alpha value is -0.200. The normalized spacial score (nSPS) is 21.5. The molecule has 1 aliphatic rings. The second-order valence-corrected chi connectivity index (χ2v) is 6.51. The van der Waals surface area contributed by atoms with Crippen molar-refractivity contribution in [3.8, 4) is 6.07 Å². The van der Waals surface area contributed by atoms with Crippen molar-refractivity contribution < 1.29 is 0 Å². The number of hydrogen-bond donors (Lipinski definition) is 1. The van der Waals surface area contributed by atoms with Crippen LogP contribution in [0.4, 0.5) is 0 Å². The van der Waals surface area contributed by atoms with Crippen LogP contribution in [0.25, 0.3) is 0 Å². The number of nitriles is 1. The van der Waals surface area contributed by atoms with Gasteiger partial charge in [-0.1, -0.05) is 27.7 Å².